The number of aromatic amines is 1. The van der Waals surface area contributed by atoms with E-state index in [1.54, 1.807) is 17.2 Å². The summed E-state index contributed by atoms with van der Waals surface area (Å²) < 4.78 is 5.63. The lowest BCUT2D eigenvalue weighted by Gasteiger charge is -2.35. The van der Waals surface area contributed by atoms with Crippen molar-refractivity contribution in [3.05, 3.63) is 108 Å². The van der Waals surface area contributed by atoms with Crippen molar-refractivity contribution < 1.29 is 14.3 Å². The molecule has 0 unspecified atom stereocenters. The van der Waals surface area contributed by atoms with Gasteiger partial charge in [0, 0.05) is 19.3 Å². The van der Waals surface area contributed by atoms with Crippen LogP contribution in [0.25, 0.3) is 0 Å². The average Bonchev–Trinajstić information content (AvgIpc) is 3.53. The van der Waals surface area contributed by atoms with Crippen LogP contribution in [0, 0.1) is 0 Å². The van der Waals surface area contributed by atoms with Crippen molar-refractivity contribution in [2.24, 2.45) is 0 Å². The molecule has 2 aromatic carbocycles. The van der Waals surface area contributed by atoms with E-state index in [0.29, 0.717) is 18.8 Å². The molecule has 31 heavy (non-hydrogen) atoms. The number of carbonyl (C=O) groups excluding carboxylic acids is 2. The zero-order chi connectivity index (χ0) is 21.2. The van der Waals surface area contributed by atoms with Crippen molar-refractivity contribution in [1.29, 1.82) is 0 Å². The predicted molar refractivity (Wildman–Crippen MR) is 116 cm³/mol. The van der Waals surface area contributed by atoms with Crippen molar-refractivity contribution in [1.82, 2.24) is 14.8 Å². The number of benzene rings is 2. The second kappa shape index (κ2) is 8.14. The van der Waals surface area contributed by atoms with E-state index in [2.05, 4.69) is 4.98 Å². The van der Waals surface area contributed by atoms with Gasteiger partial charge in [-0.3, -0.25) is 9.69 Å². The molecule has 1 aliphatic heterocycles. The highest BCUT2D eigenvalue weighted by Gasteiger charge is 2.50. The van der Waals surface area contributed by atoms with Crippen LogP contribution in [0.2, 0.25) is 0 Å². The number of rotatable bonds is 6. The number of fused-ring (bicyclic) bond motifs is 1. The number of aromatic nitrogens is 1. The maximum Gasteiger partial charge on any atom is 0.411 e. The number of H-pyrrole nitrogens is 1. The summed E-state index contributed by atoms with van der Waals surface area (Å²) in [5, 5.41) is 0. The zero-order valence-electron chi connectivity index (χ0n) is 16.9. The van der Waals surface area contributed by atoms with Gasteiger partial charge >= 0.3 is 6.09 Å². The molecule has 0 saturated carbocycles. The van der Waals surface area contributed by atoms with E-state index < -0.39 is 0 Å². The fourth-order valence-electron chi connectivity index (χ4n) is 4.37. The van der Waals surface area contributed by atoms with Crippen molar-refractivity contribution in [2.75, 3.05) is 0 Å². The Morgan fingerprint density at radius 3 is 2.32 bits per heavy atom. The van der Waals surface area contributed by atoms with E-state index in [-0.39, 0.29) is 30.2 Å². The van der Waals surface area contributed by atoms with Crippen LogP contribution in [0.15, 0.2) is 91.1 Å². The molecule has 0 radical (unpaired) electrons. The lowest BCUT2D eigenvalue weighted by Crippen LogP contribution is -2.51. The van der Waals surface area contributed by atoms with Crippen molar-refractivity contribution in [2.45, 2.75) is 31.3 Å². The van der Waals surface area contributed by atoms with E-state index in [4.69, 9.17) is 4.74 Å². The van der Waals surface area contributed by atoms with Gasteiger partial charge in [-0.25, -0.2) is 4.79 Å². The van der Waals surface area contributed by atoms with Crippen LogP contribution in [-0.2, 0) is 17.8 Å². The number of amides is 2. The molecule has 1 saturated heterocycles. The fraction of sp³-hybridized carbons (Fsp3) is 0.200. The van der Waals surface area contributed by atoms with Gasteiger partial charge < -0.3 is 14.6 Å². The number of nitrogens with zero attached hydrogens (tertiary/aromatic N) is 2. The molecule has 1 N–H and O–H groups in total. The first-order valence-corrected chi connectivity index (χ1v) is 10.4. The Bertz CT molecular complexity index is 1080. The minimum Gasteiger partial charge on any atom is -0.440 e. The molecule has 1 aliphatic carbocycles. The van der Waals surface area contributed by atoms with Crippen molar-refractivity contribution >= 4 is 12.0 Å². The summed E-state index contributed by atoms with van der Waals surface area (Å²) in [5.74, 6) is -0.108. The SMILES string of the molecule is O=C1O[C@@H]2C=C[C@@H](N(Cc3ccccc3)C(=O)c3ccc[nH]3)[C@@H]2N1Cc1ccccc1. The van der Waals surface area contributed by atoms with Crippen molar-refractivity contribution in [3.8, 4) is 0 Å². The van der Waals surface area contributed by atoms with Crippen LogP contribution in [0.5, 0.6) is 0 Å². The largest absolute Gasteiger partial charge is 0.440 e. The lowest BCUT2D eigenvalue weighted by atomic mass is 10.0. The molecule has 2 heterocycles. The molecule has 1 aromatic heterocycles. The Kier molecular flexibility index (Phi) is 5.04. The molecule has 156 valence electrons. The molecule has 1 fully saturated rings. The van der Waals surface area contributed by atoms with Gasteiger partial charge in [0.1, 0.15) is 17.8 Å². The molecule has 0 spiro atoms. The van der Waals surface area contributed by atoms with Crippen LogP contribution in [-0.4, -0.2) is 45.0 Å². The first-order valence-electron chi connectivity index (χ1n) is 10.4. The molecule has 3 atom stereocenters. The summed E-state index contributed by atoms with van der Waals surface area (Å²) in [6, 6.07) is 22.7. The van der Waals surface area contributed by atoms with E-state index >= 15 is 0 Å². The summed E-state index contributed by atoms with van der Waals surface area (Å²) in [5.41, 5.74) is 2.57. The van der Waals surface area contributed by atoms with E-state index in [0.717, 1.165) is 11.1 Å². The van der Waals surface area contributed by atoms with Crippen molar-refractivity contribution in [3.63, 3.8) is 0 Å². The monoisotopic (exact) mass is 413 g/mol. The Labute approximate surface area is 180 Å². The molecule has 2 amide bonds. The second-order valence-electron chi connectivity index (χ2n) is 7.83. The summed E-state index contributed by atoms with van der Waals surface area (Å²) in [4.78, 5) is 32.7. The molecule has 3 aromatic rings. The molecular formula is C25H23N3O3. The Hall–Kier alpha value is -3.80. The summed E-state index contributed by atoms with van der Waals surface area (Å²) in [6.07, 6.45) is 4.92. The van der Waals surface area contributed by atoms with Gasteiger partial charge in [0.25, 0.3) is 5.91 Å². The minimum absolute atomic E-state index is 0.108. The Morgan fingerprint density at radius 1 is 0.935 bits per heavy atom. The van der Waals surface area contributed by atoms with Gasteiger partial charge in [-0.05, 0) is 29.3 Å². The number of hydrogen-bond donors (Lipinski definition) is 1. The molecule has 2 aliphatic rings. The highest BCUT2D eigenvalue weighted by atomic mass is 16.6. The van der Waals surface area contributed by atoms with Gasteiger partial charge in [0.05, 0.1) is 6.04 Å². The second-order valence-corrected chi connectivity index (χ2v) is 7.83. The third-order valence-corrected chi connectivity index (χ3v) is 5.86. The van der Waals surface area contributed by atoms with E-state index in [1.165, 1.54) is 0 Å². The number of ether oxygens (including phenoxy) is 1. The third-order valence-electron chi connectivity index (χ3n) is 5.86. The van der Waals surface area contributed by atoms with E-state index in [9.17, 15) is 9.59 Å². The van der Waals surface area contributed by atoms with E-state index in [1.807, 2.05) is 83.8 Å². The lowest BCUT2D eigenvalue weighted by molar-refractivity contribution is 0.0611. The normalized spacial score (nSPS) is 21.7. The Morgan fingerprint density at radius 2 is 1.65 bits per heavy atom. The van der Waals surface area contributed by atoms with Gasteiger partial charge in [-0.1, -0.05) is 66.7 Å². The quantitative estimate of drug-likeness (QED) is 0.622. The van der Waals surface area contributed by atoms with Crippen LogP contribution in [0.1, 0.15) is 21.6 Å². The first-order chi connectivity index (χ1) is 15.2. The Balaban J connectivity index is 1.47. The van der Waals surface area contributed by atoms with Gasteiger partial charge in [-0.2, -0.15) is 0 Å². The fourth-order valence-corrected chi connectivity index (χ4v) is 4.37. The number of nitrogens with one attached hydrogen (secondary N) is 1. The summed E-state index contributed by atoms with van der Waals surface area (Å²) >= 11 is 0. The van der Waals surface area contributed by atoms with Gasteiger partial charge in [-0.15, -0.1) is 0 Å². The highest BCUT2D eigenvalue weighted by Crippen LogP contribution is 2.34. The molecular weight excluding hydrogens is 390 g/mol. The molecule has 5 rings (SSSR count). The van der Waals surface area contributed by atoms with Crippen LogP contribution < -0.4 is 0 Å². The number of hydrogen-bond acceptors (Lipinski definition) is 3. The van der Waals surface area contributed by atoms with Gasteiger partial charge in [0.15, 0.2) is 0 Å². The highest BCUT2D eigenvalue weighted by molar-refractivity contribution is 5.93. The summed E-state index contributed by atoms with van der Waals surface area (Å²) in [7, 11) is 0. The minimum atomic E-state index is -0.365. The predicted octanol–water partition coefficient (Wildman–Crippen LogP) is 3.99. The smallest absolute Gasteiger partial charge is 0.411 e. The topological polar surface area (TPSA) is 65.6 Å². The molecule has 0 bridgehead atoms. The average molecular weight is 413 g/mol. The first kappa shape index (κ1) is 19.2. The van der Waals surface area contributed by atoms with Crippen LogP contribution in [0.4, 0.5) is 4.79 Å². The maximum absolute atomic E-state index is 13.4. The number of carbonyl (C=O) groups is 2. The zero-order valence-corrected chi connectivity index (χ0v) is 16.9. The van der Waals surface area contributed by atoms with Crippen LogP contribution >= 0.6 is 0 Å². The standard InChI is InChI=1S/C25H23N3O3/c29-24(20-12-7-15-26-20)27(16-18-8-3-1-4-9-18)21-13-14-22-23(21)28(25(30)31-22)17-19-10-5-2-6-11-19/h1-15,21-23,26H,16-17H2/t21-,22-,23+/m1/s1. The third kappa shape index (κ3) is 3.72. The molecule has 6 nitrogen and oxygen atoms in total. The van der Waals surface area contributed by atoms with Gasteiger partial charge in [0.2, 0.25) is 0 Å². The van der Waals surface area contributed by atoms with Crippen LogP contribution in [0.3, 0.4) is 0 Å². The molecule has 6 heteroatoms. The maximum atomic E-state index is 13.4. The summed E-state index contributed by atoms with van der Waals surface area (Å²) in [6.45, 7) is 0.874.